The molecule has 0 fully saturated rings. The number of rotatable bonds is 3. The van der Waals surface area contributed by atoms with Gasteiger partial charge in [0.05, 0.1) is 22.2 Å². The maximum absolute atomic E-state index is 12.2. The summed E-state index contributed by atoms with van der Waals surface area (Å²) in [5, 5.41) is 12.0. The SMILES string of the molecule is COc1ccc(C(=O)Nc2ccc(Cl)c(C#N)c2)cc1Br. The van der Waals surface area contributed by atoms with E-state index >= 15 is 0 Å². The highest BCUT2D eigenvalue weighted by atomic mass is 79.9. The van der Waals surface area contributed by atoms with Crippen LogP contribution in [0.15, 0.2) is 40.9 Å². The number of nitriles is 1. The fourth-order valence-electron chi connectivity index (χ4n) is 1.70. The number of carbonyl (C=O) groups is 1. The van der Waals surface area contributed by atoms with Crippen LogP contribution < -0.4 is 10.1 Å². The van der Waals surface area contributed by atoms with Crippen molar-refractivity contribution in [3.63, 3.8) is 0 Å². The van der Waals surface area contributed by atoms with Crippen molar-refractivity contribution in [2.45, 2.75) is 0 Å². The van der Waals surface area contributed by atoms with Gasteiger partial charge in [-0.2, -0.15) is 5.26 Å². The van der Waals surface area contributed by atoms with Crippen LogP contribution in [0.4, 0.5) is 5.69 Å². The van der Waals surface area contributed by atoms with E-state index in [1.807, 2.05) is 6.07 Å². The molecule has 0 radical (unpaired) electrons. The summed E-state index contributed by atoms with van der Waals surface area (Å²) in [6.45, 7) is 0. The number of nitrogens with zero attached hydrogens (tertiary/aromatic N) is 1. The number of amides is 1. The lowest BCUT2D eigenvalue weighted by atomic mass is 10.2. The Bertz CT molecular complexity index is 741. The number of hydrogen-bond acceptors (Lipinski definition) is 3. The van der Waals surface area contributed by atoms with E-state index in [2.05, 4.69) is 21.2 Å². The smallest absolute Gasteiger partial charge is 0.255 e. The second kappa shape index (κ2) is 6.61. The standard InChI is InChI=1S/C15H10BrClN2O2/c1-21-14-5-2-9(7-12(14)16)15(20)19-11-3-4-13(17)10(6-11)8-18/h2-7H,1H3,(H,19,20). The van der Waals surface area contributed by atoms with Gasteiger partial charge in [-0.3, -0.25) is 4.79 Å². The monoisotopic (exact) mass is 364 g/mol. The second-order valence-electron chi connectivity index (χ2n) is 4.11. The predicted octanol–water partition coefficient (Wildman–Crippen LogP) is 4.24. The molecule has 2 aromatic carbocycles. The molecule has 2 rings (SSSR count). The first-order chi connectivity index (χ1) is 10.0. The summed E-state index contributed by atoms with van der Waals surface area (Å²) in [4.78, 5) is 12.2. The van der Waals surface area contributed by atoms with E-state index in [0.717, 1.165) is 0 Å². The van der Waals surface area contributed by atoms with Crippen LogP contribution in [0.3, 0.4) is 0 Å². The number of methoxy groups -OCH3 is 1. The molecule has 0 atom stereocenters. The third kappa shape index (κ3) is 3.54. The Hall–Kier alpha value is -2.03. The first-order valence-corrected chi connectivity index (χ1v) is 7.07. The second-order valence-corrected chi connectivity index (χ2v) is 5.37. The number of anilines is 1. The van der Waals surface area contributed by atoms with Crippen LogP contribution in [-0.2, 0) is 0 Å². The van der Waals surface area contributed by atoms with Gasteiger partial charge in [-0.15, -0.1) is 0 Å². The average Bonchev–Trinajstić information content (AvgIpc) is 2.49. The summed E-state index contributed by atoms with van der Waals surface area (Å²) in [6, 6.07) is 11.7. The van der Waals surface area contributed by atoms with Crippen molar-refractivity contribution in [2.24, 2.45) is 0 Å². The van der Waals surface area contributed by atoms with Crippen molar-refractivity contribution in [3.8, 4) is 11.8 Å². The Morgan fingerprint density at radius 3 is 2.71 bits per heavy atom. The molecule has 1 amide bonds. The topological polar surface area (TPSA) is 62.1 Å². The average molecular weight is 366 g/mol. The molecule has 0 heterocycles. The first-order valence-electron chi connectivity index (χ1n) is 5.89. The Labute approximate surface area is 135 Å². The Kier molecular flexibility index (Phi) is 4.84. The molecule has 0 aliphatic heterocycles. The number of nitrogens with one attached hydrogen (secondary N) is 1. The minimum absolute atomic E-state index is 0.287. The molecule has 0 aromatic heterocycles. The molecule has 0 spiro atoms. The van der Waals surface area contributed by atoms with Gasteiger partial charge in [0.2, 0.25) is 0 Å². The van der Waals surface area contributed by atoms with Crippen LogP contribution in [0, 0.1) is 11.3 Å². The fraction of sp³-hybridized carbons (Fsp3) is 0.0667. The van der Waals surface area contributed by atoms with E-state index in [4.69, 9.17) is 21.6 Å². The molecular weight excluding hydrogens is 356 g/mol. The maximum Gasteiger partial charge on any atom is 0.255 e. The summed E-state index contributed by atoms with van der Waals surface area (Å²) in [5.74, 6) is 0.356. The zero-order valence-corrected chi connectivity index (χ0v) is 13.3. The third-order valence-corrected chi connectivity index (χ3v) is 3.71. The molecule has 6 heteroatoms. The van der Waals surface area contributed by atoms with Gasteiger partial charge in [-0.25, -0.2) is 0 Å². The molecule has 21 heavy (non-hydrogen) atoms. The molecule has 1 N–H and O–H groups in total. The molecule has 0 aliphatic rings. The van der Waals surface area contributed by atoms with E-state index < -0.39 is 0 Å². The van der Waals surface area contributed by atoms with Crippen LogP contribution in [0.5, 0.6) is 5.75 Å². The summed E-state index contributed by atoms with van der Waals surface area (Å²) in [6.07, 6.45) is 0. The molecule has 0 saturated carbocycles. The van der Waals surface area contributed by atoms with Crippen molar-refractivity contribution in [2.75, 3.05) is 12.4 Å². The number of ether oxygens (including phenoxy) is 1. The molecule has 106 valence electrons. The third-order valence-electron chi connectivity index (χ3n) is 2.76. The first kappa shape index (κ1) is 15.4. The minimum atomic E-state index is -0.287. The van der Waals surface area contributed by atoms with Crippen molar-refractivity contribution < 1.29 is 9.53 Å². The van der Waals surface area contributed by atoms with Gasteiger partial charge >= 0.3 is 0 Å². The molecule has 0 aliphatic carbocycles. The Morgan fingerprint density at radius 1 is 1.33 bits per heavy atom. The minimum Gasteiger partial charge on any atom is -0.496 e. The zero-order chi connectivity index (χ0) is 15.4. The molecular formula is C15H10BrClN2O2. The highest BCUT2D eigenvalue weighted by Gasteiger charge is 2.10. The molecule has 0 unspecified atom stereocenters. The molecule has 0 saturated heterocycles. The largest absolute Gasteiger partial charge is 0.496 e. The van der Waals surface area contributed by atoms with Crippen LogP contribution >= 0.6 is 27.5 Å². The number of benzene rings is 2. The lowest BCUT2D eigenvalue weighted by molar-refractivity contribution is 0.102. The highest BCUT2D eigenvalue weighted by molar-refractivity contribution is 9.10. The number of carbonyl (C=O) groups excluding carboxylic acids is 1. The summed E-state index contributed by atoms with van der Waals surface area (Å²) in [5.41, 5.74) is 1.29. The van der Waals surface area contributed by atoms with Crippen LogP contribution in [0.25, 0.3) is 0 Å². The fourth-order valence-corrected chi connectivity index (χ4v) is 2.40. The van der Waals surface area contributed by atoms with Crippen molar-refractivity contribution in [1.29, 1.82) is 5.26 Å². The molecule has 4 nitrogen and oxygen atoms in total. The van der Waals surface area contributed by atoms with Gasteiger partial charge in [0.1, 0.15) is 11.8 Å². The lowest BCUT2D eigenvalue weighted by Crippen LogP contribution is -2.12. The van der Waals surface area contributed by atoms with E-state index in [1.165, 1.54) is 6.07 Å². The van der Waals surface area contributed by atoms with Crippen molar-refractivity contribution >= 4 is 39.1 Å². The quantitative estimate of drug-likeness (QED) is 0.885. The van der Waals surface area contributed by atoms with Gasteiger partial charge in [-0.05, 0) is 52.3 Å². The number of hydrogen-bond donors (Lipinski definition) is 1. The Balaban J connectivity index is 2.22. The normalized spacial score (nSPS) is 9.81. The Morgan fingerprint density at radius 2 is 2.10 bits per heavy atom. The van der Waals surface area contributed by atoms with Crippen molar-refractivity contribution in [1.82, 2.24) is 0 Å². The van der Waals surface area contributed by atoms with Gasteiger partial charge in [0.25, 0.3) is 5.91 Å². The van der Waals surface area contributed by atoms with Gasteiger partial charge in [0, 0.05) is 11.3 Å². The summed E-state index contributed by atoms with van der Waals surface area (Å²) in [7, 11) is 1.55. The molecule has 2 aromatic rings. The van der Waals surface area contributed by atoms with E-state index in [0.29, 0.717) is 32.1 Å². The van der Waals surface area contributed by atoms with Crippen LogP contribution in [-0.4, -0.2) is 13.0 Å². The van der Waals surface area contributed by atoms with Crippen LogP contribution in [0.1, 0.15) is 15.9 Å². The van der Waals surface area contributed by atoms with Gasteiger partial charge in [0.15, 0.2) is 0 Å². The van der Waals surface area contributed by atoms with E-state index in [-0.39, 0.29) is 5.91 Å². The lowest BCUT2D eigenvalue weighted by Gasteiger charge is -2.08. The van der Waals surface area contributed by atoms with E-state index in [1.54, 1.807) is 37.4 Å². The highest BCUT2D eigenvalue weighted by Crippen LogP contribution is 2.26. The summed E-state index contributed by atoms with van der Waals surface area (Å²) < 4.78 is 5.80. The van der Waals surface area contributed by atoms with Gasteiger partial charge < -0.3 is 10.1 Å². The maximum atomic E-state index is 12.2. The van der Waals surface area contributed by atoms with Gasteiger partial charge in [-0.1, -0.05) is 11.6 Å². The van der Waals surface area contributed by atoms with Crippen molar-refractivity contribution in [3.05, 3.63) is 57.0 Å². The van der Waals surface area contributed by atoms with Crippen LogP contribution in [0.2, 0.25) is 5.02 Å². The number of halogens is 2. The zero-order valence-electron chi connectivity index (χ0n) is 11.0. The van der Waals surface area contributed by atoms with E-state index in [9.17, 15) is 4.79 Å². The molecule has 0 bridgehead atoms. The predicted molar refractivity (Wildman–Crippen MR) is 84.8 cm³/mol. The summed E-state index contributed by atoms with van der Waals surface area (Å²) >= 11 is 9.18.